The van der Waals surface area contributed by atoms with Gasteiger partial charge in [0, 0.05) is 18.7 Å². The first kappa shape index (κ1) is 20.9. The van der Waals surface area contributed by atoms with E-state index in [9.17, 15) is 26.4 Å². The number of nitrogens with zero attached hydrogens (tertiary/aromatic N) is 1. The molecule has 0 aliphatic carbocycles. The number of benzene rings is 1. The van der Waals surface area contributed by atoms with Crippen LogP contribution in [-0.2, 0) is 10.0 Å². The van der Waals surface area contributed by atoms with Crippen LogP contribution in [0.4, 0.5) is 13.2 Å². The number of amides is 1. The lowest BCUT2D eigenvalue weighted by atomic mass is 10.0. The third kappa shape index (κ3) is 4.48. The SMILES string of the molecule is Cl.O=C(NCC(F)(F)F)c1cccc(S(=O)(=O)N2C[C@H]3CNC[C@H]3C2)c1. The third-order valence-corrected chi connectivity index (χ3v) is 6.37. The van der Waals surface area contributed by atoms with E-state index in [4.69, 9.17) is 0 Å². The Morgan fingerprint density at radius 1 is 1.23 bits per heavy atom. The van der Waals surface area contributed by atoms with Crippen molar-refractivity contribution in [1.82, 2.24) is 14.9 Å². The number of rotatable bonds is 4. The van der Waals surface area contributed by atoms with E-state index in [1.807, 2.05) is 0 Å². The van der Waals surface area contributed by atoms with Gasteiger partial charge in [-0.2, -0.15) is 17.5 Å². The molecule has 2 fully saturated rings. The lowest BCUT2D eigenvalue weighted by molar-refractivity contribution is -0.123. The molecule has 0 unspecified atom stereocenters. The maximum absolute atomic E-state index is 12.8. The number of nitrogens with one attached hydrogen (secondary N) is 2. The summed E-state index contributed by atoms with van der Waals surface area (Å²) in [6, 6.07) is 5.11. The van der Waals surface area contributed by atoms with Gasteiger partial charge in [0.1, 0.15) is 6.54 Å². The zero-order valence-electron chi connectivity index (χ0n) is 13.6. The summed E-state index contributed by atoms with van der Waals surface area (Å²) < 4.78 is 63.5. The summed E-state index contributed by atoms with van der Waals surface area (Å²) in [4.78, 5) is 11.7. The lowest BCUT2D eigenvalue weighted by Crippen LogP contribution is -2.34. The monoisotopic (exact) mass is 413 g/mol. The summed E-state index contributed by atoms with van der Waals surface area (Å²) >= 11 is 0. The maximum atomic E-state index is 12.8. The number of hydrogen-bond acceptors (Lipinski definition) is 4. The highest BCUT2D eigenvalue weighted by atomic mass is 35.5. The van der Waals surface area contributed by atoms with Crippen molar-refractivity contribution in [3.8, 4) is 0 Å². The van der Waals surface area contributed by atoms with Crippen LogP contribution in [0.15, 0.2) is 29.2 Å². The lowest BCUT2D eigenvalue weighted by Gasteiger charge is -2.18. The largest absolute Gasteiger partial charge is 0.405 e. The van der Waals surface area contributed by atoms with Gasteiger partial charge in [-0.15, -0.1) is 12.4 Å². The smallest absolute Gasteiger partial charge is 0.343 e. The summed E-state index contributed by atoms with van der Waals surface area (Å²) in [5.74, 6) is -0.419. The second kappa shape index (κ2) is 7.71. The van der Waals surface area contributed by atoms with E-state index in [0.717, 1.165) is 19.2 Å². The Morgan fingerprint density at radius 3 is 2.42 bits per heavy atom. The van der Waals surface area contributed by atoms with Crippen molar-refractivity contribution in [2.24, 2.45) is 11.8 Å². The van der Waals surface area contributed by atoms with E-state index in [-0.39, 0.29) is 34.7 Å². The van der Waals surface area contributed by atoms with Crippen molar-refractivity contribution in [3.63, 3.8) is 0 Å². The highest BCUT2D eigenvalue weighted by Crippen LogP contribution is 2.31. The van der Waals surface area contributed by atoms with Crippen molar-refractivity contribution < 1.29 is 26.4 Å². The minimum atomic E-state index is -4.53. The number of fused-ring (bicyclic) bond motifs is 1. The zero-order chi connectivity index (χ0) is 18.2. The topological polar surface area (TPSA) is 78.5 Å². The molecule has 2 atom stereocenters. The van der Waals surface area contributed by atoms with Gasteiger partial charge in [-0.3, -0.25) is 4.79 Å². The van der Waals surface area contributed by atoms with Gasteiger partial charge in [0.2, 0.25) is 10.0 Å². The summed E-state index contributed by atoms with van der Waals surface area (Å²) in [5, 5.41) is 4.96. The standard InChI is InChI=1S/C15H18F3N3O3S.ClH/c16-15(17,18)9-20-14(22)10-2-1-3-13(4-10)25(23,24)21-7-11-5-19-6-12(11)8-21;/h1-4,11-12,19H,5-9H2,(H,20,22);1H/t11-,12+;. The Labute approximate surface area is 155 Å². The van der Waals surface area contributed by atoms with Crippen molar-refractivity contribution in [2.75, 3.05) is 32.7 Å². The van der Waals surface area contributed by atoms with E-state index in [1.165, 1.54) is 22.5 Å². The number of halogens is 4. The second-order valence-corrected chi connectivity index (χ2v) is 8.26. The van der Waals surface area contributed by atoms with Crippen LogP contribution in [0, 0.1) is 11.8 Å². The molecule has 0 radical (unpaired) electrons. The number of carbonyl (C=O) groups is 1. The van der Waals surface area contributed by atoms with E-state index in [0.29, 0.717) is 13.1 Å². The molecule has 2 N–H and O–H groups in total. The fourth-order valence-corrected chi connectivity index (χ4v) is 4.84. The van der Waals surface area contributed by atoms with Gasteiger partial charge in [0.15, 0.2) is 0 Å². The number of carbonyl (C=O) groups excluding carboxylic acids is 1. The van der Waals surface area contributed by atoms with Gasteiger partial charge >= 0.3 is 6.18 Å². The Hall–Kier alpha value is -1.36. The Kier molecular flexibility index (Phi) is 6.21. The highest BCUT2D eigenvalue weighted by molar-refractivity contribution is 7.89. The molecule has 0 aromatic heterocycles. The molecule has 2 heterocycles. The summed E-state index contributed by atoms with van der Waals surface area (Å²) in [6.07, 6.45) is -4.53. The molecule has 0 bridgehead atoms. The van der Waals surface area contributed by atoms with Gasteiger partial charge in [0.05, 0.1) is 4.90 Å². The number of hydrogen-bond donors (Lipinski definition) is 2. The van der Waals surface area contributed by atoms with Crippen LogP contribution in [-0.4, -0.2) is 57.5 Å². The molecule has 1 amide bonds. The van der Waals surface area contributed by atoms with E-state index in [2.05, 4.69) is 5.32 Å². The first-order chi connectivity index (χ1) is 11.7. The first-order valence-corrected chi connectivity index (χ1v) is 9.27. The van der Waals surface area contributed by atoms with Gasteiger partial charge < -0.3 is 10.6 Å². The Balaban J connectivity index is 0.00000243. The first-order valence-electron chi connectivity index (χ1n) is 7.83. The predicted molar refractivity (Wildman–Crippen MR) is 90.7 cm³/mol. The molecule has 6 nitrogen and oxygen atoms in total. The molecule has 26 heavy (non-hydrogen) atoms. The van der Waals surface area contributed by atoms with Crippen molar-refractivity contribution in [2.45, 2.75) is 11.1 Å². The Morgan fingerprint density at radius 2 is 1.85 bits per heavy atom. The molecular weight excluding hydrogens is 395 g/mol. The molecule has 0 saturated carbocycles. The van der Waals surface area contributed by atoms with Crippen molar-refractivity contribution >= 4 is 28.3 Å². The molecule has 11 heteroatoms. The molecule has 2 saturated heterocycles. The van der Waals surface area contributed by atoms with Crippen molar-refractivity contribution in [1.29, 1.82) is 0 Å². The van der Waals surface area contributed by atoms with E-state index >= 15 is 0 Å². The summed E-state index contributed by atoms with van der Waals surface area (Å²) in [7, 11) is -3.78. The number of alkyl halides is 3. The number of sulfonamides is 1. The molecule has 2 aliphatic rings. The summed E-state index contributed by atoms with van der Waals surface area (Å²) in [6.45, 7) is 0.896. The van der Waals surface area contributed by atoms with Gasteiger partial charge in [0.25, 0.3) is 5.91 Å². The van der Waals surface area contributed by atoms with Crippen LogP contribution >= 0.6 is 12.4 Å². The fourth-order valence-electron chi connectivity index (χ4n) is 3.24. The predicted octanol–water partition coefficient (Wildman–Crippen LogP) is 1.24. The van der Waals surface area contributed by atoms with Crippen LogP contribution in [0.25, 0.3) is 0 Å². The Bertz CT molecular complexity index is 761. The quantitative estimate of drug-likeness (QED) is 0.778. The normalized spacial score (nSPS) is 23.3. The zero-order valence-corrected chi connectivity index (χ0v) is 15.3. The van der Waals surface area contributed by atoms with Gasteiger partial charge in [-0.25, -0.2) is 8.42 Å². The van der Waals surface area contributed by atoms with Crippen LogP contribution in [0.2, 0.25) is 0 Å². The minimum absolute atomic E-state index is 0. The molecule has 0 spiro atoms. The maximum Gasteiger partial charge on any atom is 0.405 e. The van der Waals surface area contributed by atoms with Crippen molar-refractivity contribution in [3.05, 3.63) is 29.8 Å². The molecule has 2 aliphatic heterocycles. The third-order valence-electron chi connectivity index (χ3n) is 4.54. The van der Waals surface area contributed by atoms with Crippen LogP contribution in [0.5, 0.6) is 0 Å². The second-order valence-electron chi connectivity index (χ2n) is 6.33. The van der Waals surface area contributed by atoms with E-state index in [1.54, 1.807) is 5.32 Å². The molecule has 1 aromatic carbocycles. The highest BCUT2D eigenvalue weighted by Gasteiger charge is 2.41. The molecule has 3 rings (SSSR count). The molecule has 1 aromatic rings. The van der Waals surface area contributed by atoms with Crippen LogP contribution < -0.4 is 10.6 Å². The average molecular weight is 414 g/mol. The minimum Gasteiger partial charge on any atom is -0.343 e. The van der Waals surface area contributed by atoms with Gasteiger partial charge in [-0.05, 0) is 43.1 Å². The molecular formula is C15H19ClF3N3O3S. The van der Waals surface area contributed by atoms with Gasteiger partial charge in [-0.1, -0.05) is 6.07 Å². The fraction of sp³-hybridized carbons (Fsp3) is 0.533. The van der Waals surface area contributed by atoms with Crippen LogP contribution in [0.1, 0.15) is 10.4 Å². The van der Waals surface area contributed by atoms with E-state index < -0.39 is 28.7 Å². The van der Waals surface area contributed by atoms with Crippen LogP contribution in [0.3, 0.4) is 0 Å². The summed E-state index contributed by atoms with van der Waals surface area (Å²) in [5.41, 5.74) is -0.119. The molecule has 146 valence electrons. The average Bonchev–Trinajstić information content (AvgIpc) is 3.14.